The summed E-state index contributed by atoms with van der Waals surface area (Å²) in [5, 5.41) is 1.18. The molecule has 1 fully saturated rings. The second-order valence-electron chi connectivity index (χ2n) is 7.59. The molecule has 2 aliphatic rings. The van der Waals surface area contributed by atoms with Crippen LogP contribution < -0.4 is 4.74 Å². The van der Waals surface area contributed by atoms with Crippen molar-refractivity contribution in [2.24, 2.45) is 0 Å². The predicted molar refractivity (Wildman–Crippen MR) is 102 cm³/mol. The van der Waals surface area contributed by atoms with Gasteiger partial charge in [-0.2, -0.15) is 0 Å². The van der Waals surface area contributed by atoms with Crippen molar-refractivity contribution >= 4 is 10.9 Å². The second kappa shape index (κ2) is 6.80. The van der Waals surface area contributed by atoms with Crippen molar-refractivity contribution in [1.29, 1.82) is 0 Å². The number of nitrogens with one attached hydrogen (secondary N) is 1. The molecule has 0 spiro atoms. The highest BCUT2D eigenvalue weighted by Crippen LogP contribution is 2.28. The number of benzene rings is 1. The zero-order chi connectivity index (χ0) is 17.3. The summed E-state index contributed by atoms with van der Waals surface area (Å²) in [7, 11) is 0. The van der Waals surface area contributed by atoms with Gasteiger partial charge in [0.2, 0.25) is 0 Å². The summed E-state index contributed by atoms with van der Waals surface area (Å²) in [5.74, 6) is 2.29. The fourth-order valence-corrected chi connectivity index (χ4v) is 4.30. The zero-order valence-corrected chi connectivity index (χ0v) is 15.2. The highest BCUT2D eigenvalue weighted by atomic mass is 16.5. The fraction of sp³-hybridized carbons (Fsp3) is 0.476. The van der Waals surface area contributed by atoms with Crippen molar-refractivity contribution < 1.29 is 4.74 Å². The quantitative estimate of drug-likeness (QED) is 0.780. The van der Waals surface area contributed by atoms with E-state index in [0.29, 0.717) is 6.10 Å². The first-order chi connectivity index (χ1) is 12.8. The second-order valence-corrected chi connectivity index (χ2v) is 7.59. The van der Waals surface area contributed by atoms with E-state index in [-0.39, 0.29) is 0 Å². The van der Waals surface area contributed by atoms with E-state index >= 15 is 0 Å². The van der Waals surface area contributed by atoms with Crippen LogP contribution in [0, 0.1) is 0 Å². The van der Waals surface area contributed by atoms with Crippen molar-refractivity contribution in [2.45, 2.75) is 51.3 Å². The predicted octanol–water partition coefficient (Wildman–Crippen LogP) is 3.74. The number of imidazole rings is 1. The van der Waals surface area contributed by atoms with Gasteiger partial charge in [-0.25, -0.2) is 4.98 Å². The van der Waals surface area contributed by atoms with E-state index in [0.717, 1.165) is 56.7 Å². The van der Waals surface area contributed by atoms with Crippen LogP contribution in [0.4, 0.5) is 0 Å². The Hall–Kier alpha value is -2.27. The third-order valence-electron chi connectivity index (χ3n) is 5.73. The van der Waals surface area contributed by atoms with E-state index in [4.69, 9.17) is 9.72 Å². The molecule has 5 rings (SSSR count). The van der Waals surface area contributed by atoms with Crippen LogP contribution in [0.25, 0.3) is 10.9 Å². The molecule has 0 atom stereocenters. The van der Waals surface area contributed by atoms with Gasteiger partial charge in [0.15, 0.2) is 0 Å². The normalized spacial score (nSPS) is 18.9. The Bertz CT molecular complexity index is 865. The van der Waals surface area contributed by atoms with Gasteiger partial charge < -0.3 is 14.3 Å². The Morgan fingerprint density at radius 1 is 1.12 bits per heavy atom. The molecule has 1 aromatic carbocycles. The highest BCUT2D eigenvalue weighted by molar-refractivity contribution is 5.85. The molecular formula is C21H26N4O. The topological polar surface area (TPSA) is 46.1 Å². The number of H-pyrrole nitrogens is 1. The van der Waals surface area contributed by atoms with Gasteiger partial charge >= 0.3 is 0 Å². The van der Waals surface area contributed by atoms with Crippen molar-refractivity contribution in [1.82, 2.24) is 19.4 Å². The first kappa shape index (κ1) is 15.9. The summed E-state index contributed by atoms with van der Waals surface area (Å²) in [6.07, 6.45) is 10.4. The third kappa shape index (κ3) is 3.12. The van der Waals surface area contributed by atoms with Crippen LogP contribution in [-0.4, -0.2) is 38.6 Å². The molecule has 1 saturated heterocycles. The van der Waals surface area contributed by atoms with Gasteiger partial charge in [0.25, 0.3) is 0 Å². The number of piperidine rings is 1. The summed E-state index contributed by atoms with van der Waals surface area (Å²) in [5.41, 5.74) is 2.38. The number of likely N-dealkylation sites (tertiary alicyclic amines) is 1. The Labute approximate surface area is 154 Å². The first-order valence-electron chi connectivity index (χ1n) is 9.85. The van der Waals surface area contributed by atoms with Crippen molar-refractivity contribution in [3.8, 4) is 5.75 Å². The van der Waals surface area contributed by atoms with Crippen LogP contribution in [-0.2, 0) is 19.5 Å². The van der Waals surface area contributed by atoms with Crippen LogP contribution in [0.15, 0.2) is 36.7 Å². The Morgan fingerprint density at radius 3 is 2.92 bits per heavy atom. The monoisotopic (exact) mass is 350 g/mol. The molecule has 2 aromatic heterocycles. The molecule has 0 bridgehead atoms. The molecular weight excluding hydrogens is 324 g/mol. The molecule has 0 aliphatic carbocycles. The number of aromatic nitrogens is 3. The van der Waals surface area contributed by atoms with E-state index in [1.54, 1.807) is 0 Å². The third-order valence-corrected chi connectivity index (χ3v) is 5.73. The standard InChI is InChI=1S/C21H26N4O/c1-2-11-25-15-16(23-21(25)6-1)14-24-12-8-17(9-13-24)26-20-5-3-4-19-18(20)7-10-22-19/h3-5,7,10,15,17,22H,1-2,6,8-9,11-14H2. The minimum Gasteiger partial charge on any atom is -0.490 e. The molecule has 5 nitrogen and oxygen atoms in total. The average molecular weight is 350 g/mol. The lowest BCUT2D eigenvalue weighted by Crippen LogP contribution is -2.37. The number of aryl methyl sites for hydroxylation is 2. The summed E-state index contributed by atoms with van der Waals surface area (Å²) in [6, 6.07) is 8.33. The SMILES string of the molecule is c1cc(OC2CCN(Cc3cn4c(n3)CCCC4)CC2)c2cc[nH]c2c1. The summed E-state index contributed by atoms with van der Waals surface area (Å²) in [6.45, 7) is 4.27. The van der Waals surface area contributed by atoms with Gasteiger partial charge in [-0.3, -0.25) is 4.90 Å². The van der Waals surface area contributed by atoms with Crippen LogP contribution in [0.3, 0.4) is 0 Å². The molecule has 2 aliphatic heterocycles. The molecule has 0 amide bonds. The maximum Gasteiger partial charge on any atom is 0.129 e. The lowest BCUT2D eigenvalue weighted by Gasteiger charge is -2.31. The Balaban J connectivity index is 1.18. The summed E-state index contributed by atoms with van der Waals surface area (Å²) < 4.78 is 8.68. The number of aromatic amines is 1. The smallest absolute Gasteiger partial charge is 0.129 e. The molecule has 0 saturated carbocycles. The number of fused-ring (bicyclic) bond motifs is 2. The molecule has 0 radical (unpaired) electrons. The average Bonchev–Trinajstić information content (AvgIpc) is 3.30. The largest absolute Gasteiger partial charge is 0.490 e. The Morgan fingerprint density at radius 2 is 2.04 bits per heavy atom. The lowest BCUT2D eigenvalue weighted by molar-refractivity contribution is 0.0973. The number of nitrogens with zero attached hydrogens (tertiary/aromatic N) is 3. The van der Waals surface area contributed by atoms with Crippen LogP contribution in [0.5, 0.6) is 5.75 Å². The highest BCUT2D eigenvalue weighted by Gasteiger charge is 2.22. The molecule has 0 unspecified atom stereocenters. The minimum atomic E-state index is 0.307. The number of ether oxygens (including phenoxy) is 1. The van der Waals surface area contributed by atoms with Crippen molar-refractivity contribution in [2.75, 3.05) is 13.1 Å². The van der Waals surface area contributed by atoms with Crippen molar-refractivity contribution in [3.63, 3.8) is 0 Å². The maximum absolute atomic E-state index is 6.33. The summed E-state index contributed by atoms with van der Waals surface area (Å²) >= 11 is 0. The molecule has 4 heterocycles. The van der Waals surface area contributed by atoms with E-state index in [2.05, 4.69) is 44.9 Å². The molecule has 26 heavy (non-hydrogen) atoms. The fourth-order valence-electron chi connectivity index (χ4n) is 4.30. The van der Waals surface area contributed by atoms with Crippen molar-refractivity contribution in [3.05, 3.63) is 48.2 Å². The molecule has 5 heteroatoms. The van der Waals surface area contributed by atoms with Gasteiger partial charge in [-0.15, -0.1) is 0 Å². The first-order valence-corrected chi connectivity index (χ1v) is 9.85. The van der Waals surface area contributed by atoms with Gasteiger partial charge in [0.05, 0.1) is 5.69 Å². The van der Waals surface area contributed by atoms with Gasteiger partial charge in [-0.1, -0.05) is 6.07 Å². The van der Waals surface area contributed by atoms with Gasteiger partial charge in [-0.05, 0) is 43.9 Å². The number of hydrogen-bond acceptors (Lipinski definition) is 3. The molecule has 3 aromatic rings. The maximum atomic E-state index is 6.33. The summed E-state index contributed by atoms with van der Waals surface area (Å²) in [4.78, 5) is 10.6. The van der Waals surface area contributed by atoms with Gasteiger partial charge in [0, 0.05) is 55.9 Å². The van der Waals surface area contributed by atoms with E-state index in [9.17, 15) is 0 Å². The molecule has 1 N–H and O–H groups in total. The van der Waals surface area contributed by atoms with Crippen LogP contribution in [0.1, 0.15) is 37.2 Å². The minimum absolute atomic E-state index is 0.307. The van der Waals surface area contributed by atoms with E-state index in [1.165, 1.54) is 29.7 Å². The Kier molecular flexibility index (Phi) is 4.17. The van der Waals surface area contributed by atoms with E-state index < -0.39 is 0 Å². The lowest BCUT2D eigenvalue weighted by atomic mass is 10.1. The van der Waals surface area contributed by atoms with Gasteiger partial charge in [0.1, 0.15) is 17.7 Å². The zero-order valence-electron chi connectivity index (χ0n) is 15.2. The van der Waals surface area contributed by atoms with E-state index in [1.807, 2.05) is 6.20 Å². The number of hydrogen-bond donors (Lipinski definition) is 1. The number of rotatable bonds is 4. The van der Waals surface area contributed by atoms with Crippen LogP contribution in [0.2, 0.25) is 0 Å². The molecule has 136 valence electrons. The van der Waals surface area contributed by atoms with Crippen LogP contribution >= 0.6 is 0 Å².